The molecule has 2 aromatic carbocycles. The van der Waals surface area contributed by atoms with E-state index in [4.69, 9.17) is 4.74 Å². The third kappa shape index (κ3) is 2.72. The first-order valence-corrected chi connectivity index (χ1v) is 6.91. The van der Waals surface area contributed by atoms with Gasteiger partial charge in [0.15, 0.2) is 0 Å². The zero-order valence-electron chi connectivity index (χ0n) is 11.8. The predicted molar refractivity (Wildman–Crippen MR) is 80.6 cm³/mol. The molecule has 0 spiro atoms. The van der Waals surface area contributed by atoms with Crippen molar-refractivity contribution in [2.24, 2.45) is 0 Å². The Morgan fingerprint density at radius 1 is 1.15 bits per heavy atom. The summed E-state index contributed by atoms with van der Waals surface area (Å²) in [5.41, 5.74) is 4.79. The van der Waals surface area contributed by atoms with Crippen LogP contribution in [0.3, 0.4) is 0 Å². The molecule has 0 amide bonds. The van der Waals surface area contributed by atoms with E-state index < -0.39 is 0 Å². The molecule has 3 heteroatoms. The lowest BCUT2D eigenvalue weighted by Crippen LogP contribution is -2.32. The second kappa shape index (κ2) is 5.08. The van der Waals surface area contributed by atoms with E-state index in [9.17, 15) is 5.11 Å². The van der Waals surface area contributed by atoms with E-state index in [1.807, 2.05) is 6.07 Å². The van der Waals surface area contributed by atoms with E-state index in [0.29, 0.717) is 0 Å². The third-order valence-corrected chi connectivity index (χ3v) is 3.52. The van der Waals surface area contributed by atoms with Gasteiger partial charge in [0.1, 0.15) is 17.6 Å². The standard InChI is InChI=1S/C17H19NO2/c1-11-5-12(2)7-13(6-11)8-15-10-18-16-4-3-14(19)9-17(16)20-15/h3-7,9,15,18-19H,8,10H2,1-2H3. The first-order chi connectivity index (χ1) is 9.60. The van der Waals surface area contributed by atoms with Crippen LogP contribution in [0.2, 0.25) is 0 Å². The van der Waals surface area contributed by atoms with E-state index >= 15 is 0 Å². The van der Waals surface area contributed by atoms with E-state index in [1.165, 1.54) is 16.7 Å². The minimum Gasteiger partial charge on any atom is -0.508 e. The van der Waals surface area contributed by atoms with Crippen LogP contribution >= 0.6 is 0 Å². The number of hydrogen-bond donors (Lipinski definition) is 2. The van der Waals surface area contributed by atoms with Crippen molar-refractivity contribution in [3.8, 4) is 11.5 Å². The van der Waals surface area contributed by atoms with Crippen LogP contribution in [0, 0.1) is 13.8 Å². The van der Waals surface area contributed by atoms with Crippen LogP contribution in [0.15, 0.2) is 36.4 Å². The van der Waals surface area contributed by atoms with Crippen molar-refractivity contribution in [2.45, 2.75) is 26.4 Å². The number of rotatable bonds is 2. The molecule has 1 atom stereocenters. The van der Waals surface area contributed by atoms with Crippen LogP contribution in [0.25, 0.3) is 0 Å². The molecule has 1 heterocycles. The number of nitrogens with one attached hydrogen (secondary N) is 1. The van der Waals surface area contributed by atoms with Crippen LogP contribution in [0.1, 0.15) is 16.7 Å². The number of phenolic OH excluding ortho intramolecular Hbond substituents is 1. The third-order valence-electron chi connectivity index (χ3n) is 3.52. The van der Waals surface area contributed by atoms with Gasteiger partial charge in [-0.05, 0) is 31.5 Å². The maximum atomic E-state index is 9.53. The van der Waals surface area contributed by atoms with Gasteiger partial charge < -0.3 is 15.2 Å². The SMILES string of the molecule is Cc1cc(C)cc(CC2CNc3ccc(O)cc3O2)c1. The van der Waals surface area contributed by atoms with E-state index in [1.54, 1.807) is 12.1 Å². The van der Waals surface area contributed by atoms with Gasteiger partial charge in [-0.3, -0.25) is 0 Å². The first-order valence-electron chi connectivity index (χ1n) is 6.91. The molecule has 0 fully saturated rings. The Bertz CT molecular complexity index is 617. The van der Waals surface area contributed by atoms with Crippen molar-refractivity contribution in [3.05, 3.63) is 53.1 Å². The van der Waals surface area contributed by atoms with Gasteiger partial charge in [0.25, 0.3) is 0 Å². The molecule has 1 aliphatic heterocycles. The summed E-state index contributed by atoms with van der Waals surface area (Å²) in [5, 5.41) is 12.9. The summed E-state index contributed by atoms with van der Waals surface area (Å²) in [7, 11) is 0. The van der Waals surface area contributed by atoms with Crippen molar-refractivity contribution in [2.75, 3.05) is 11.9 Å². The lowest BCUT2D eigenvalue weighted by Gasteiger charge is -2.27. The van der Waals surface area contributed by atoms with E-state index in [2.05, 4.69) is 37.4 Å². The molecular weight excluding hydrogens is 250 g/mol. The Labute approximate surface area is 119 Å². The van der Waals surface area contributed by atoms with Gasteiger partial charge in [-0.15, -0.1) is 0 Å². The fraction of sp³-hybridized carbons (Fsp3) is 0.294. The van der Waals surface area contributed by atoms with Crippen LogP contribution in [-0.4, -0.2) is 17.8 Å². The van der Waals surface area contributed by atoms with Crippen molar-refractivity contribution < 1.29 is 9.84 Å². The van der Waals surface area contributed by atoms with Gasteiger partial charge in [0, 0.05) is 12.5 Å². The molecule has 1 aliphatic rings. The van der Waals surface area contributed by atoms with Gasteiger partial charge in [-0.1, -0.05) is 29.3 Å². The highest BCUT2D eigenvalue weighted by molar-refractivity contribution is 5.60. The Balaban J connectivity index is 1.77. The van der Waals surface area contributed by atoms with Gasteiger partial charge in [0.05, 0.1) is 12.2 Å². The second-order valence-electron chi connectivity index (χ2n) is 5.50. The summed E-state index contributed by atoms with van der Waals surface area (Å²) in [6.07, 6.45) is 0.954. The van der Waals surface area contributed by atoms with E-state index in [-0.39, 0.29) is 11.9 Å². The number of fused-ring (bicyclic) bond motifs is 1. The molecule has 0 bridgehead atoms. The fourth-order valence-electron chi connectivity index (χ4n) is 2.76. The molecule has 0 radical (unpaired) electrons. The number of phenols is 1. The second-order valence-corrected chi connectivity index (χ2v) is 5.50. The molecule has 3 nitrogen and oxygen atoms in total. The molecule has 20 heavy (non-hydrogen) atoms. The summed E-state index contributed by atoms with van der Waals surface area (Å²) in [6.45, 7) is 5.01. The summed E-state index contributed by atoms with van der Waals surface area (Å²) < 4.78 is 5.97. The molecule has 0 saturated carbocycles. The Kier molecular flexibility index (Phi) is 3.26. The van der Waals surface area contributed by atoms with Crippen molar-refractivity contribution >= 4 is 5.69 Å². The number of hydrogen-bond acceptors (Lipinski definition) is 3. The smallest absolute Gasteiger partial charge is 0.146 e. The number of aryl methyl sites for hydroxylation is 2. The number of anilines is 1. The summed E-state index contributed by atoms with van der Waals surface area (Å²) in [5.74, 6) is 0.961. The summed E-state index contributed by atoms with van der Waals surface area (Å²) >= 11 is 0. The number of benzene rings is 2. The van der Waals surface area contributed by atoms with Crippen molar-refractivity contribution in [1.82, 2.24) is 0 Å². The molecule has 0 saturated heterocycles. The maximum absolute atomic E-state index is 9.53. The quantitative estimate of drug-likeness (QED) is 0.821. The highest BCUT2D eigenvalue weighted by Gasteiger charge is 2.20. The molecule has 0 aliphatic carbocycles. The summed E-state index contributed by atoms with van der Waals surface area (Å²) in [4.78, 5) is 0. The minimum atomic E-state index is 0.0884. The average Bonchev–Trinajstić information content (AvgIpc) is 2.37. The molecule has 104 valence electrons. The number of aromatic hydroxyl groups is 1. The van der Waals surface area contributed by atoms with Crippen molar-refractivity contribution in [3.63, 3.8) is 0 Å². The van der Waals surface area contributed by atoms with Crippen molar-refractivity contribution in [1.29, 1.82) is 0 Å². The molecule has 2 N–H and O–H groups in total. The highest BCUT2D eigenvalue weighted by Crippen LogP contribution is 2.33. The minimum absolute atomic E-state index is 0.0884. The van der Waals surface area contributed by atoms with Gasteiger partial charge >= 0.3 is 0 Å². The lowest BCUT2D eigenvalue weighted by atomic mass is 10.0. The topological polar surface area (TPSA) is 41.5 Å². The van der Waals surface area contributed by atoms with Crippen LogP contribution in [0.4, 0.5) is 5.69 Å². The molecule has 2 aromatic rings. The molecule has 0 aromatic heterocycles. The van der Waals surface area contributed by atoms with Gasteiger partial charge in [-0.2, -0.15) is 0 Å². The predicted octanol–water partition coefficient (Wildman–Crippen LogP) is 3.42. The Morgan fingerprint density at radius 2 is 1.90 bits per heavy atom. The normalized spacial score (nSPS) is 17.0. The van der Waals surface area contributed by atoms with Crippen LogP contribution in [0.5, 0.6) is 11.5 Å². The Hall–Kier alpha value is -2.16. The molecule has 3 rings (SSSR count). The fourth-order valence-corrected chi connectivity index (χ4v) is 2.76. The highest BCUT2D eigenvalue weighted by atomic mass is 16.5. The number of ether oxygens (including phenoxy) is 1. The zero-order valence-corrected chi connectivity index (χ0v) is 11.8. The Morgan fingerprint density at radius 3 is 2.65 bits per heavy atom. The summed E-state index contributed by atoms with van der Waals surface area (Å²) in [6, 6.07) is 11.8. The average molecular weight is 269 g/mol. The van der Waals surface area contributed by atoms with Gasteiger partial charge in [-0.25, -0.2) is 0 Å². The maximum Gasteiger partial charge on any atom is 0.146 e. The largest absolute Gasteiger partial charge is 0.508 e. The monoisotopic (exact) mass is 269 g/mol. The first kappa shape index (κ1) is 12.9. The zero-order chi connectivity index (χ0) is 14.1. The molecule has 1 unspecified atom stereocenters. The van der Waals surface area contributed by atoms with Crippen LogP contribution < -0.4 is 10.1 Å². The lowest BCUT2D eigenvalue weighted by molar-refractivity contribution is 0.205. The molecular formula is C17H19NO2. The van der Waals surface area contributed by atoms with E-state index in [0.717, 1.165) is 24.4 Å². The van der Waals surface area contributed by atoms with Gasteiger partial charge in [0.2, 0.25) is 0 Å². The van der Waals surface area contributed by atoms with Crippen LogP contribution in [-0.2, 0) is 6.42 Å².